The summed E-state index contributed by atoms with van der Waals surface area (Å²) in [6.45, 7) is 0.161. The Morgan fingerprint density at radius 3 is 2.35 bits per heavy atom. The van der Waals surface area contributed by atoms with E-state index < -0.39 is 0 Å². The minimum Gasteiger partial charge on any atom is -0.396 e. The first-order valence-electron chi connectivity index (χ1n) is 5.54. The molecular weight excluding hydrogens is 210 g/mol. The van der Waals surface area contributed by atoms with Crippen LogP contribution in [-0.2, 0) is 6.42 Å². The molecule has 0 saturated heterocycles. The SMILES string of the molecule is N#Cc1ccccc1-c1ccc(CCO)cc1. The van der Waals surface area contributed by atoms with Crippen LogP contribution < -0.4 is 0 Å². The van der Waals surface area contributed by atoms with Crippen molar-refractivity contribution < 1.29 is 5.11 Å². The average molecular weight is 223 g/mol. The van der Waals surface area contributed by atoms with Crippen LogP contribution in [0.5, 0.6) is 0 Å². The summed E-state index contributed by atoms with van der Waals surface area (Å²) in [7, 11) is 0. The van der Waals surface area contributed by atoms with Gasteiger partial charge in [-0.15, -0.1) is 0 Å². The molecule has 0 bridgehead atoms. The van der Waals surface area contributed by atoms with Gasteiger partial charge < -0.3 is 5.11 Å². The summed E-state index contributed by atoms with van der Waals surface area (Å²) in [5.41, 5.74) is 3.77. The maximum atomic E-state index is 9.04. The number of nitrogens with zero attached hydrogens (tertiary/aromatic N) is 1. The lowest BCUT2D eigenvalue weighted by molar-refractivity contribution is 0.299. The molecule has 2 aromatic rings. The molecule has 0 unspecified atom stereocenters. The van der Waals surface area contributed by atoms with Crippen molar-refractivity contribution in [3.05, 3.63) is 59.7 Å². The lowest BCUT2D eigenvalue weighted by Crippen LogP contribution is -1.90. The molecule has 1 N–H and O–H groups in total. The van der Waals surface area contributed by atoms with Crippen LogP contribution in [0.25, 0.3) is 11.1 Å². The molecule has 2 rings (SSSR count). The van der Waals surface area contributed by atoms with Crippen molar-refractivity contribution in [2.24, 2.45) is 0 Å². The average Bonchev–Trinajstić information content (AvgIpc) is 2.40. The molecule has 0 aliphatic carbocycles. The van der Waals surface area contributed by atoms with Crippen LogP contribution in [-0.4, -0.2) is 11.7 Å². The molecule has 0 radical (unpaired) electrons. The Morgan fingerprint density at radius 1 is 1.00 bits per heavy atom. The molecular formula is C15H13NO. The second-order valence-corrected chi connectivity index (χ2v) is 3.83. The van der Waals surface area contributed by atoms with E-state index in [1.54, 1.807) is 0 Å². The van der Waals surface area contributed by atoms with E-state index >= 15 is 0 Å². The normalized spacial score (nSPS) is 9.88. The van der Waals surface area contributed by atoms with Crippen LogP contribution in [0.4, 0.5) is 0 Å². The van der Waals surface area contributed by atoms with Gasteiger partial charge in [0.15, 0.2) is 0 Å². The molecule has 0 saturated carbocycles. The van der Waals surface area contributed by atoms with Gasteiger partial charge >= 0.3 is 0 Å². The van der Waals surface area contributed by atoms with Crippen LogP contribution in [0.2, 0.25) is 0 Å². The lowest BCUT2D eigenvalue weighted by atomic mass is 9.99. The van der Waals surface area contributed by atoms with Crippen molar-refractivity contribution >= 4 is 0 Å². The predicted molar refractivity (Wildman–Crippen MR) is 67.4 cm³/mol. The number of benzene rings is 2. The van der Waals surface area contributed by atoms with Gasteiger partial charge in [0.1, 0.15) is 0 Å². The van der Waals surface area contributed by atoms with E-state index in [1.807, 2.05) is 48.5 Å². The topological polar surface area (TPSA) is 44.0 Å². The van der Waals surface area contributed by atoms with Gasteiger partial charge in [0.25, 0.3) is 0 Å². The van der Waals surface area contributed by atoms with Crippen LogP contribution >= 0.6 is 0 Å². The summed E-state index contributed by atoms with van der Waals surface area (Å²) < 4.78 is 0. The zero-order valence-electron chi connectivity index (χ0n) is 9.43. The summed E-state index contributed by atoms with van der Waals surface area (Å²) in [4.78, 5) is 0. The van der Waals surface area contributed by atoms with E-state index in [-0.39, 0.29) is 6.61 Å². The van der Waals surface area contributed by atoms with Crippen LogP contribution in [0.3, 0.4) is 0 Å². The van der Waals surface area contributed by atoms with Crippen LogP contribution in [0.15, 0.2) is 48.5 Å². The molecule has 84 valence electrons. The highest BCUT2D eigenvalue weighted by Crippen LogP contribution is 2.23. The molecule has 2 heteroatoms. The summed E-state index contributed by atoms with van der Waals surface area (Å²) in [6.07, 6.45) is 0.667. The quantitative estimate of drug-likeness (QED) is 0.869. The molecule has 0 spiro atoms. The van der Waals surface area contributed by atoms with Gasteiger partial charge in [-0.25, -0.2) is 0 Å². The maximum absolute atomic E-state index is 9.04. The monoisotopic (exact) mass is 223 g/mol. The van der Waals surface area contributed by atoms with Crippen LogP contribution in [0.1, 0.15) is 11.1 Å². The van der Waals surface area contributed by atoms with Gasteiger partial charge in [0, 0.05) is 6.61 Å². The Labute approximate surface area is 101 Å². The Hall–Kier alpha value is -2.11. The van der Waals surface area contributed by atoms with E-state index in [0.29, 0.717) is 12.0 Å². The van der Waals surface area contributed by atoms with Crippen LogP contribution in [0, 0.1) is 11.3 Å². The third-order valence-corrected chi connectivity index (χ3v) is 2.71. The van der Waals surface area contributed by atoms with Gasteiger partial charge in [-0.2, -0.15) is 5.26 Å². The molecule has 0 aliphatic rings. The molecule has 0 aliphatic heterocycles. The summed E-state index contributed by atoms with van der Waals surface area (Å²) in [5.74, 6) is 0. The highest BCUT2D eigenvalue weighted by Gasteiger charge is 2.03. The number of rotatable bonds is 3. The Balaban J connectivity index is 2.37. The first-order chi connectivity index (χ1) is 8.35. The van der Waals surface area contributed by atoms with E-state index in [2.05, 4.69) is 6.07 Å². The zero-order valence-corrected chi connectivity index (χ0v) is 9.43. The van der Waals surface area contributed by atoms with Crippen molar-refractivity contribution in [2.45, 2.75) is 6.42 Å². The standard InChI is InChI=1S/C15H13NO/c16-11-14-3-1-2-4-15(14)13-7-5-12(6-8-13)9-10-17/h1-8,17H,9-10H2. The molecule has 2 aromatic carbocycles. The van der Waals surface area contributed by atoms with Gasteiger partial charge in [-0.3, -0.25) is 0 Å². The molecule has 0 fully saturated rings. The summed E-state index contributed by atoms with van der Waals surface area (Å²) >= 11 is 0. The minimum atomic E-state index is 0.161. The Kier molecular flexibility index (Phi) is 3.54. The highest BCUT2D eigenvalue weighted by atomic mass is 16.2. The first kappa shape index (κ1) is 11.4. The van der Waals surface area contributed by atoms with Crippen molar-refractivity contribution in [2.75, 3.05) is 6.61 Å². The fourth-order valence-electron chi connectivity index (χ4n) is 1.81. The molecule has 0 atom stereocenters. The Bertz CT molecular complexity index is 538. The Morgan fingerprint density at radius 2 is 1.71 bits per heavy atom. The number of aliphatic hydroxyl groups excluding tert-OH is 1. The summed E-state index contributed by atoms with van der Waals surface area (Å²) in [6, 6.07) is 17.7. The first-order valence-corrected chi connectivity index (χ1v) is 5.54. The molecule has 0 amide bonds. The summed E-state index contributed by atoms with van der Waals surface area (Å²) in [5, 5.41) is 17.9. The van der Waals surface area contributed by atoms with E-state index in [9.17, 15) is 0 Å². The molecule has 17 heavy (non-hydrogen) atoms. The van der Waals surface area contributed by atoms with Gasteiger partial charge in [0.2, 0.25) is 0 Å². The second kappa shape index (κ2) is 5.29. The number of hydrogen-bond donors (Lipinski definition) is 1. The smallest absolute Gasteiger partial charge is 0.0998 e. The second-order valence-electron chi connectivity index (χ2n) is 3.83. The largest absolute Gasteiger partial charge is 0.396 e. The van der Waals surface area contributed by atoms with Crippen molar-refractivity contribution in [1.82, 2.24) is 0 Å². The maximum Gasteiger partial charge on any atom is 0.0998 e. The highest BCUT2D eigenvalue weighted by molar-refractivity contribution is 5.70. The fourth-order valence-corrected chi connectivity index (χ4v) is 1.81. The number of hydrogen-bond acceptors (Lipinski definition) is 2. The van der Waals surface area contributed by atoms with E-state index in [1.165, 1.54) is 0 Å². The van der Waals surface area contributed by atoms with Gasteiger partial charge in [-0.05, 0) is 29.2 Å². The predicted octanol–water partition coefficient (Wildman–Crippen LogP) is 2.76. The lowest BCUT2D eigenvalue weighted by Gasteiger charge is -2.05. The van der Waals surface area contributed by atoms with Crippen molar-refractivity contribution in [3.8, 4) is 17.2 Å². The third-order valence-electron chi connectivity index (χ3n) is 2.71. The molecule has 0 aromatic heterocycles. The number of aliphatic hydroxyl groups is 1. The zero-order chi connectivity index (χ0) is 12.1. The van der Waals surface area contributed by atoms with Gasteiger partial charge in [0.05, 0.1) is 11.6 Å². The van der Waals surface area contributed by atoms with Crippen molar-refractivity contribution in [3.63, 3.8) is 0 Å². The molecule has 2 nitrogen and oxygen atoms in total. The van der Waals surface area contributed by atoms with E-state index in [4.69, 9.17) is 10.4 Å². The number of nitriles is 1. The fraction of sp³-hybridized carbons (Fsp3) is 0.133. The van der Waals surface area contributed by atoms with Crippen molar-refractivity contribution in [1.29, 1.82) is 5.26 Å². The third kappa shape index (κ3) is 2.52. The minimum absolute atomic E-state index is 0.161. The molecule has 0 heterocycles. The van der Waals surface area contributed by atoms with Gasteiger partial charge in [-0.1, -0.05) is 42.5 Å². The van der Waals surface area contributed by atoms with E-state index in [0.717, 1.165) is 16.7 Å².